The maximum Gasteiger partial charge on any atom is 0.408 e. The molecule has 1 aromatic rings. The van der Waals surface area contributed by atoms with E-state index in [9.17, 15) is 4.79 Å². The smallest absolute Gasteiger partial charge is 0.408 e. The van der Waals surface area contributed by atoms with Gasteiger partial charge in [0.15, 0.2) is 0 Å². The van der Waals surface area contributed by atoms with E-state index in [2.05, 4.69) is 17.2 Å². The molecule has 4 nitrogen and oxygen atoms in total. The molecule has 1 aromatic carbocycles. The third kappa shape index (κ3) is 6.03. The van der Waals surface area contributed by atoms with Crippen LogP contribution in [0, 0.1) is 11.8 Å². The van der Waals surface area contributed by atoms with Gasteiger partial charge in [0.1, 0.15) is 5.60 Å². The molecule has 0 unspecified atom stereocenters. The Morgan fingerprint density at radius 1 is 1.47 bits per heavy atom. The molecule has 19 heavy (non-hydrogen) atoms. The van der Waals surface area contributed by atoms with E-state index in [1.807, 2.05) is 0 Å². The molecule has 102 valence electrons. The van der Waals surface area contributed by atoms with E-state index in [0.717, 1.165) is 0 Å². The van der Waals surface area contributed by atoms with Gasteiger partial charge in [-0.2, -0.15) is 0 Å². The quantitative estimate of drug-likeness (QED) is 0.614. The number of hydrogen-bond acceptors (Lipinski definition) is 3. The van der Waals surface area contributed by atoms with Gasteiger partial charge in [-0.05, 0) is 39.0 Å². The van der Waals surface area contributed by atoms with Gasteiger partial charge in [0.05, 0.1) is 11.6 Å². The van der Waals surface area contributed by atoms with Crippen LogP contribution in [-0.2, 0) is 4.74 Å². The summed E-state index contributed by atoms with van der Waals surface area (Å²) in [5.41, 5.74) is 6.31. The third-order valence-electron chi connectivity index (χ3n) is 1.94. The summed E-state index contributed by atoms with van der Waals surface area (Å²) in [6.07, 6.45) is -0.495. The first-order valence-corrected chi connectivity index (χ1v) is 6.16. The molecule has 0 saturated heterocycles. The van der Waals surface area contributed by atoms with Crippen molar-refractivity contribution in [3.8, 4) is 11.8 Å². The fraction of sp³-hybridized carbons (Fsp3) is 0.357. The largest absolute Gasteiger partial charge is 0.444 e. The van der Waals surface area contributed by atoms with Crippen molar-refractivity contribution in [3.63, 3.8) is 0 Å². The van der Waals surface area contributed by atoms with Crippen molar-refractivity contribution in [2.24, 2.45) is 0 Å². The first-order chi connectivity index (χ1) is 8.78. The maximum absolute atomic E-state index is 11.3. The van der Waals surface area contributed by atoms with E-state index in [-0.39, 0.29) is 6.54 Å². The molecule has 1 amide bonds. The molecule has 0 bridgehead atoms. The minimum atomic E-state index is -0.516. The summed E-state index contributed by atoms with van der Waals surface area (Å²) in [4.78, 5) is 11.3. The zero-order valence-corrected chi connectivity index (χ0v) is 12.0. The minimum Gasteiger partial charge on any atom is -0.444 e. The summed E-state index contributed by atoms with van der Waals surface area (Å²) in [7, 11) is 0. The number of carbonyl (C=O) groups excluding carboxylic acids is 1. The van der Waals surface area contributed by atoms with Crippen LogP contribution < -0.4 is 11.1 Å². The number of carbonyl (C=O) groups is 1. The van der Waals surface area contributed by atoms with Crippen LogP contribution >= 0.6 is 11.6 Å². The molecule has 5 heteroatoms. The number of nitrogen functional groups attached to an aromatic ring is 1. The lowest BCUT2D eigenvalue weighted by molar-refractivity contribution is 0.0535. The van der Waals surface area contributed by atoms with Crippen molar-refractivity contribution >= 4 is 23.4 Å². The Kier molecular flexibility index (Phi) is 5.08. The van der Waals surface area contributed by atoms with Crippen LogP contribution in [0.5, 0.6) is 0 Å². The number of nitrogens with two attached hydrogens (primary N) is 1. The average molecular weight is 281 g/mol. The van der Waals surface area contributed by atoms with Crippen molar-refractivity contribution in [1.29, 1.82) is 0 Å². The van der Waals surface area contributed by atoms with E-state index >= 15 is 0 Å². The molecule has 0 radical (unpaired) electrons. The SMILES string of the molecule is CC(C)(C)OC(=O)NCC#Cc1ccc(N)cc1Cl. The number of rotatable bonds is 1. The second kappa shape index (κ2) is 6.35. The third-order valence-corrected chi connectivity index (χ3v) is 2.25. The molecule has 0 saturated carbocycles. The number of nitrogens with one attached hydrogen (secondary N) is 1. The second-order valence-corrected chi connectivity index (χ2v) is 5.30. The molecule has 0 spiro atoms. The topological polar surface area (TPSA) is 64.3 Å². The fourth-order valence-electron chi connectivity index (χ4n) is 1.20. The van der Waals surface area contributed by atoms with Crippen molar-refractivity contribution in [3.05, 3.63) is 28.8 Å². The standard InChI is InChI=1S/C14H17ClN2O2/c1-14(2,3)19-13(18)17-8-4-5-10-6-7-11(16)9-12(10)15/h6-7,9H,8,16H2,1-3H3,(H,17,18). The lowest BCUT2D eigenvalue weighted by Gasteiger charge is -2.19. The van der Waals surface area contributed by atoms with Crippen LogP contribution in [-0.4, -0.2) is 18.2 Å². The Morgan fingerprint density at radius 2 is 2.16 bits per heavy atom. The Bertz CT molecular complexity index is 524. The normalized spacial score (nSPS) is 10.3. The highest BCUT2D eigenvalue weighted by Gasteiger charge is 2.14. The van der Waals surface area contributed by atoms with Gasteiger partial charge >= 0.3 is 6.09 Å². The van der Waals surface area contributed by atoms with Gasteiger partial charge in [0, 0.05) is 11.3 Å². The van der Waals surface area contributed by atoms with Gasteiger partial charge in [-0.15, -0.1) is 0 Å². The molecule has 1 rings (SSSR count). The van der Waals surface area contributed by atoms with Gasteiger partial charge in [-0.3, -0.25) is 0 Å². The van der Waals surface area contributed by atoms with E-state index < -0.39 is 11.7 Å². The summed E-state index contributed by atoms with van der Waals surface area (Å²) in [6.45, 7) is 5.58. The van der Waals surface area contributed by atoms with Crippen LogP contribution in [0.3, 0.4) is 0 Å². The number of amides is 1. The van der Waals surface area contributed by atoms with Gasteiger partial charge in [0.25, 0.3) is 0 Å². The predicted molar refractivity (Wildman–Crippen MR) is 77.0 cm³/mol. The van der Waals surface area contributed by atoms with Crippen LogP contribution in [0.2, 0.25) is 5.02 Å². The zero-order chi connectivity index (χ0) is 14.5. The lowest BCUT2D eigenvalue weighted by atomic mass is 10.2. The summed E-state index contributed by atoms with van der Waals surface area (Å²) in [6, 6.07) is 5.09. The number of halogens is 1. The highest BCUT2D eigenvalue weighted by atomic mass is 35.5. The molecule has 0 aliphatic carbocycles. The van der Waals surface area contributed by atoms with Crippen LogP contribution in [0.15, 0.2) is 18.2 Å². The van der Waals surface area contributed by atoms with Gasteiger partial charge in [0.2, 0.25) is 0 Å². The summed E-state index contributed by atoms with van der Waals surface area (Å²) >= 11 is 5.96. The predicted octanol–water partition coefficient (Wildman–Crippen LogP) is 2.80. The summed E-state index contributed by atoms with van der Waals surface area (Å²) < 4.78 is 5.07. The zero-order valence-electron chi connectivity index (χ0n) is 11.2. The van der Waals surface area contributed by atoms with Crippen molar-refractivity contribution in [2.75, 3.05) is 12.3 Å². The first-order valence-electron chi connectivity index (χ1n) is 5.79. The van der Waals surface area contributed by atoms with E-state index in [0.29, 0.717) is 16.3 Å². The fourth-order valence-corrected chi connectivity index (χ4v) is 1.44. The number of ether oxygens (including phenoxy) is 1. The number of benzene rings is 1. The van der Waals surface area contributed by atoms with Crippen molar-refractivity contribution < 1.29 is 9.53 Å². The number of hydrogen-bond donors (Lipinski definition) is 2. The molecule has 0 aliphatic heterocycles. The van der Waals surface area contributed by atoms with E-state index in [4.69, 9.17) is 22.1 Å². The highest BCUT2D eigenvalue weighted by Crippen LogP contribution is 2.17. The van der Waals surface area contributed by atoms with Crippen LogP contribution in [0.4, 0.5) is 10.5 Å². The molecular formula is C14H17ClN2O2. The first kappa shape index (κ1) is 15.2. The molecule has 0 fully saturated rings. The molecule has 0 atom stereocenters. The van der Waals surface area contributed by atoms with E-state index in [1.54, 1.807) is 39.0 Å². The number of alkyl carbamates (subject to hydrolysis) is 1. The average Bonchev–Trinajstić information content (AvgIpc) is 2.24. The summed E-state index contributed by atoms with van der Waals surface area (Å²) in [5.74, 6) is 5.64. The Hall–Kier alpha value is -1.86. The number of anilines is 1. The molecule has 0 aliphatic rings. The molecule has 0 heterocycles. The summed E-state index contributed by atoms with van der Waals surface area (Å²) in [5, 5.41) is 3.03. The lowest BCUT2D eigenvalue weighted by Crippen LogP contribution is -2.32. The molecular weight excluding hydrogens is 264 g/mol. The Labute approximate surface area is 118 Å². The monoisotopic (exact) mass is 280 g/mol. The van der Waals surface area contributed by atoms with Crippen LogP contribution in [0.25, 0.3) is 0 Å². The second-order valence-electron chi connectivity index (χ2n) is 4.90. The van der Waals surface area contributed by atoms with E-state index in [1.165, 1.54) is 0 Å². The maximum atomic E-state index is 11.3. The minimum absolute atomic E-state index is 0.190. The van der Waals surface area contributed by atoms with Gasteiger partial charge < -0.3 is 15.8 Å². The molecule has 0 aromatic heterocycles. The highest BCUT2D eigenvalue weighted by molar-refractivity contribution is 6.32. The Morgan fingerprint density at radius 3 is 2.74 bits per heavy atom. The van der Waals surface area contributed by atoms with Crippen LogP contribution in [0.1, 0.15) is 26.3 Å². The van der Waals surface area contributed by atoms with Crippen molar-refractivity contribution in [1.82, 2.24) is 5.32 Å². The van der Waals surface area contributed by atoms with Gasteiger partial charge in [-0.1, -0.05) is 23.4 Å². The van der Waals surface area contributed by atoms with Crippen molar-refractivity contribution in [2.45, 2.75) is 26.4 Å². The molecule has 3 N–H and O–H groups in total. The Balaban J connectivity index is 2.50. The van der Waals surface area contributed by atoms with Gasteiger partial charge in [-0.25, -0.2) is 4.79 Å².